The van der Waals surface area contributed by atoms with Crippen molar-refractivity contribution in [2.45, 2.75) is 16.7 Å². The van der Waals surface area contributed by atoms with Gasteiger partial charge in [-0.2, -0.15) is 0 Å². The van der Waals surface area contributed by atoms with Gasteiger partial charge in [0.2, 0.25) is 0 Å². The SMILES string of the molecule is Cc1ccc(S(=O)(=O)Nc2ccc(Cl)c(C(=O)Nc3ccc(S(=O)(=O)Nc4nccs4)cc3)c2)cc1. The fourth-order valence-corrected chi connectivity index (χ4v) is 6.10. The summed E-state index contributed by atoms with van der Waals surface area (Å²) < 4.78 is 55.1. The molecule has 0 aliphatic carbocycles. The van der Waals surface area contributed by atoms with Crippen LogP contribution >= 0.6 is 22.9 Å². The molecule has 0 atom stereocenters. The number of nitrogens with one attached hydrogen (secondary N) is 3. The summed E-state index contributed by atoms with van der Waals surface area (Å²) >= 11 is 7.33. The molecule has 4 rings (SSSR count). The maximum absolute atomic E-state index is 12.8. The second kappa shape index (κ2) is 10.3. The number of sulfonamides is 2. The third-order valence-corrected chi connectivity index (χ3v) is 8.77. The topological polar surface area (TPSA) is 134 Å². The maximum Gasteiger partial charge on any atom is 0.263 e. The zero-order chi connectivity index (χ0) is 25.9. The summed E-state index contributed by atoms with van der Waals surface area (Å²) in [6.07, 6.45) is 1.48. The second-order valence-corrected chi connectivity index (χ2v) is 12.2. The van der Waals surface area contributed by atoms with E-state index in [-0.39, 0.29) is 31.2 Å². The first kappa shape index (κ1) is 25.6. The number of carbonyl (C=O) groups is 1. The Bertz CT molecular complexity index is 1610. The van der Waals surface area contributed by atoms with Crippen molar-refractivity contribution in [2.24, 2.45) is 0 Å². The summed E-state index contributed by atoms with van der Waals surface area (Å²) in [7, 11) is -7.71. The number of carbonyl (C=O) groups excluding carboxylic acids is 1. The molecular formula is C23H19ClN4O5S3. The van der Waals surface area contributed by atoms with E-state index in [1.807, 2.05) is 6.92 Å². The second-order valence-electron chi connectivity index (χ2n) is 7.53. The van der Waals surface area contributed by atoms with Gasteiger partial charge in [-0.1, -0.05) is 29.3 Å². The highest BCUT2D eigenvalue weighted by molar-refractivity contribution is 7.93. The van der Waals surface area contributed by atoms with Gasteiger partial charge in [0, 0.05) is 23.0 Å². The molecule has 1 aromatic heterocycles. The molecule has 0 aliphatic heterocycles. The molecule has 186 valence electrons. The fraction of sp³-hybridized carbons (Fsp3) is 0.0435. The molecule has 3 aromatic carbocycles. The van der Waals surface area contributed by atoms with Gasteiger partial charge in [-0.25, -0.2) is 21.8 Å². The summed E-state index contributed by atoms with van der Waals surface area (Å²) in [5.74, 6) is -0.604. The van der Waals surface area contributed by atoms with Crippen LogP contribution in [-0.2, 0) is 20.0 Å². The normalized spacial score (nSPS) is 11.6. The minimum Gasteiger partial charge on any atom is -0.322 e. The van der Waals surface area contributed by atoms with Crippen molar-refractivity contribution in [2.75, 3.05) is 14.8 Å². The molecule has 0 unspecified atom stereocenters. The predicted octanol–water partition coefficient (Wildman–Crippen LogP) is 4.96. The molecule has 1 heterocycles. The lowest BCUT2D eigenvalue weighted by atomic mass is 10.2. The lowest BCUT2D eigenvalue weighted by molar-refractivity contribution is 0.102. The number of halogens is 1. The number of hydrogen-bond acceptors (Lipinski definition) is 7. The molecule has 0 saturated heterocycles. The highest BCUT2D eigenvalue weighted by atomic mass is 35.5. The van der Waals surface area contributed by atoms with Crippen LogP contribution < -0.4 is 14.8 Å². The molecule has 0 spiro atoms. The van der Waals surface area contributed by atoms with Crippen LogP contribution in [0, 0.1) is 6.92 Å². The first-order valence-electron chi connectivity index (χ1n) is 10.3. The van der Waals surface area contributed by atoms with Crippen LogP contribution in [0.5, 0.6) is 0 Å². The molecule has 1 amide bonds. The first-order chi connectivity index (χ1) is 17.0. The number of rotatable bonds is 8. The van der Waals surface area contributed by atoms with Gasteiger partial charge in [0.05, 0.1) is 20.4 Å². The van der Waals surface area contributed by atoms with Gasteiger partial charge in [0.25, 0.3) is 26.0 Å². The van der Waals surface area contributed by atoms with Crippen LogP contribution in [-0.4, -0.2) is 27.7 Å². The molecule has 0 fully saturated rings. The van der Waals surface area contributed by atoms with E-state index >= 15 is 0 Å². The van der Waals surface area contributed by atoms with Crippen molar-refractivity contribution in [1.82, 2.24) is 4.98 Å². The molecule has 36 heavy (non-hydrogen) atoms. The minimum atomic E-state index is -3.87. The predicted molar refractivity (Wildman–Crippen MR) is 141 cm³/mol. The van der Waals surface area contributed by atoms with E-state index in [2.05, 4.69) is 19.7 Å². The van der Waals surface area contributed by atoms with Crippen LogP contribution in [0.4, 0.5) is 16.5 Å². The number of anilines is 3. The molecular weight excluding hydrogens is 544 g/mol. The minimum absolute atomic E-state index is 0.0127. The Kier molecular flexibility index (Phi) is 7.31. The zero-order valence-electron chi connectivity index (χ0n) is 18.6. The van der Waals surface area contributed by atoms with Crippen LogP contribution in [0.1, 0.15) is 15.9 Å². The molecule has 0 aliphatic rings. The van der Waals surface area contributed by atoms with Crippen LogP contribution in [0.15, 0.2) is 88.1 Å². The monoisotopic (exact) mass is 562 g/mol. The molecule has 0 saturated carbocycles. The summed E-state index contributed by atoms with van der Waals surface area (Å²) in [6.45, 7) is 1.85. The molecule has 9 nitrogen and oxygen atoms in total. The molecule has 0 bridgehead atoms. The van der Waals surface area contributed by atoms with Crippen molar-refractivity contribution in [3.05, 3.63) is 94.5 Å². The lowest BCUT2D eigenvalue weighted by Crippen LogP contribution is -2.16. The zero-order valence-corrected chi connectivity index (χ0v) is 21.8. The van der Waals surface area contributed by atoms with Crippen molar-refractivity contribution in [3.8, 4) is 0 Å². The number of thiazole rings is 1. The Morgan fingerprint density at radius 3 is 2.03 bits per heavy atom. The van der Waals surface area contributed by atoms with Gasteiger partial charge >= 0.3 is 0 Å². The van der Waals surface area contributed by atoms with Crippen LogP contribution in [0.25, 0.3) is 0 Å². The van der Waals surface area contributed by atoms with Crippen molar-refractivity contribution >= 4 is 65.4 Å². The third-order valence-electron chi connectivity index (χ3n) is 4.87. The van der Waals surface area contributed by atoms with Gasteiger partial charge < -0.3 is 5.32 Å². The fourth-order valence-electron chi connectivity index (χ4n) is 3.06. The Morgan fingerprint density at radius 2 is 1.42 bits per heavy atom. The highest BCUT2D eigenvalue weighted by Crippen LogP contribution is 2.25. The van der Waals surface area contributed by atoms with E-state index < -0.39 is 26.0 Å². The van der Waals surface area contributed by atoms with Gasteiger partial charge in [0.15, 0.2) is 5.13 Å². The van der Waals surface area contributed by atoms with E-state index in [9.17, 15) is 21.6 Å². The maximum atomic E-state index is 12.8. The number of benzene rings is 3. The standard InChI is InChI=1S/C23H19ClN4O5S3/c1-15-2-7-18(8-3-15)35(30,31)27-17-6-11-21(24)20(14-17)22(29)26-16-4-9-19(10-5-16)36(32,33)28-23-25-12-13-34-23/h2-14,27H,1H3,(H,25,28)(H,26,29). The quantitative estimate of drug-likeness (QED) is 0.278. The van der Waals surface area contributed by atoms with Gasteiger partial charge in [-0.15, -0.1) is 11.3 Å². The molecule has 4 aromatic rings. The van der Waals surface area contributed by atoms with Crippen molar-refractivity contribution in [3.63, 3.8) is 0 Å². The van der Waals surface area contributed by atoms with Gasteiger partial charge in [-0.05, 0) is 61.5 Å². The Labute approximate surface area is 217 Å². The Balaban J connectivity index is 1.49. The number of amides is 1. The van der Waals surface area contributed by atoms with Gasteiger partial charge in [0.1, 0.15) is 0 Å². The van der Waals surface area contributed by atoms with E-state index in [1.54, 1.807) is 17.5 Å². The van der Waals surface area contributed by atoms with Crippen molar-refractivity contribution < 1.29 is 21.6 Å². The molecule has 3 N–H and O–H groups in total. The van der Waals surface area contributed by atoms with E-state index in [4.69, 9.17) is 11.6 Å². The Morgan fingerprint density at radius 1 is 0.833 bits per heavy atom. The van der Waals surface area contributed by atoms with Gasteiger partial charge in [-0.3, -0.25) is 14.2 Å². The first-order valence-corrected chi connectivity index (χ1v) is 14.5. The number of aryl methyl sites for hydroxylation is 1. The number of aromatic nitrogens is 1. The number of nitrogens with zero attached hydrogens (tertiary/aromatic N) is 1. The van der Waals surface area contributed by atoms with E-state index in [0.717, 1.165) is 16.9 Å². The summed E-state index contributed by atoms with van der Waals surface area (Å²) in [5, 5.41) is 4.61. The summed E-state index contributed by atoms with van der Waals surface area (Å²) in [4.78, 5) is 16.8. The summed E-state index contributed by atoms with van der Waals surface area (Å²) in [6, 6.07) is 16.0. The van der Waals surface area contributed by atoms with Crippen LogP contribution in [0.3, 0.4) is 0 Å². The largest absolute Gasteiger partial charge is 0.322 e. The number of hydrogen-bond donors (Lipinski definition) is 3. The molecule has 0 radical (unpaired) electrons. The molecule has 13 heteroatoms. The lowest BCUT2D eigenvalue weighted by Gasteiger charge is -2.12. The van der Waals surface area contributed by atoms with E-state index in [1.165, 1.54) is 60.8 Å². The average Bonchev–Trinajstić information content (AvgIpc) is 3.33. The average molecular weight is 563 g/mol. The summed E-state index contributed by atoms with van der Waals surface area (Å²) in [5.41, 5.74) is 1.42. The van der Waals surface area contributed by atoms with Crippen molar-refractivity contribution in [1.29, 1.82) is 0 Å². The van der Waals surface area contributed by atoms with Crippen LogP contribution in [0.2, 0.25) is 5.02 Å². The third kappa shape index (κ3) is 6.02. The highest BCUT2D eigenvalue weighted by Gasteiger charge is 2.18. The Hall–Kier alpha value is -3.45. The smallest absolute Gasteiger partial charge is 0.263 e. The van der Waals surface area contributed by atoms with E-state index in [0.29, 0.717) is 5.69 Å².